The van der Waals surface area contributed by atoms with E-state index in [1.54, 1.807) is 11.6 Å². The van der Waals surface area contributed by atoms with Crippen molar-refractivity contribution >= 4 is 24.1 Å². The van der Waals surface area contributed by atoms with Gasteiger partial charge in [0.1, 0.15) is 0 Å². The monoisotopic (exact) mass is 383 g/mol. The van der Waals surface area contributed by atoms with Crippen LogP contribution in [0.2, 0.25) is 0 Å². The van der Waals surface area contributed by atoms with Gasteiger partial charge in [-0.1, -0.05) is 36.4 Å². The Morgan fingerprint density at radius 2 is 1.93 bits per heavy atom. The summed E-state index contributed by atoms with van der Waals surface area (Å²) in [5.74, 6) is 1.57. The lowest BCUT2D eigenvalue weighted by atomic mass is 10.1. The van der Waals surface area contributed by atoms with Gasteiger partial charge in [0.15, 0.2) is 11.5 Å². The average molecular weight is 383 g/mol. The summed E-state index contributed by atoms with van der Waals surface area (Å²) in [6.45, 7) is 5.56. The fourth-order valence-corrected chi connectivity index (χ4v) is 3.14. The fraction of sp³-hybridized carbons (Fsp3) is 0.130. The van der Waals surface area contributed by atoms with Crippen LogP contribution in [0.4, 0.5) is 5.69 Å². The van der Waals surface area contributed by atoms with Crippen LogP contribution in [-0.2, 0) is 11.2 Å². The second kappa shape index (κ2) is 8.06. The zero-order chi connectivity index (χ0) is 20.2. The minimum absolute atomic E-state index is 0.594. The van der Waals surface area contributed by atoms with Crippen LogP contribution >= 0.6 is 0 Å². The Morgan fingerprint density at radius 1 is 1.10 bits per heavy atom. The Bertz CT molecular complexity index is 1190. The molecule has 0 aliphatic rings. The van der Waals surface area contributed by atoms with E-state index in [1.807, 2.05) is 67.6 Å². The number of hydrogen-bond acceptors (Lipinski definition) is 5. The van der Waals surface area contributed by atoms with Crippen LogP contribution in [0.15, 0.2) is 71.4 Å². The molecule has 29 heavy (non-hydrogen) atoms. The van der Waals surface area contributed by atoms with Crippen molar-refractivity contribution in [3.05, 3.63) is 83.4 Å². The molecule has 0 saturated carbocycles. The molecule has 4 rings (SSSR count). The van der Waals surface area contributed by atoms with Crippen molar-refractivity contribution in [1.29, 1.82) is 0 Å². The molecule has 2 aromatic heterocycles. The first-order chi connectivity index (χ1) is 14.2. The summed E-state index contributed by atoms with van der Waals surface area (Å²) in [5.41, 5.74) is 5.49. The van der Waals surface area contributed by atoms with Crippen LogP contribution in [0.25, 0.3) is 23.0 Å². The molecule has 0 N–H and O–H groups in total. The SMILES string of the molecule is C=Nc1ccc(Cc2nnc3ccc(-c4ccccc4)nn23)cc1/C=C(\C)OC. The molecule has 0 spiro atoms. The van der Waals surface area contributed by atoms with E-state index in [0.29, 0.717) is 6.42 Å². The van der Waals surface area contributed by atoms with E-state index < -0.39 is 0 Å². The quantitative estimate of drug-likeness (QED) is 0.357. The molecular weight excluding hydrogens is 362 g/mol. The van der Waals surface area contributed by atoms with Crippen molar-refractivity contribution in [2.45, 2.75) is 13.3 Å². The Hall–Kier alpha value is -3.80. The van der Waals surface area contributed by atoms with E-state index >= 15 is 0 Å². The van der Waals surface area contributed by atoms with Crippen molar-refractivity contribution in [2.75, 3.05) is 7.11 Å². The topological polar surface area (TPSA) is 64.7 Å². The van der Waals surface area contributed by atoms with Crippen LogP contribution in [0, 0.1) is 0 Å². The predicted molar refractivity (Wildman–Crippen MR) is 115 cm³/mol. The third-order valence-electron chi connectivity index (χ3n) is 4.70. The van der Waals surface area contributed by atoms with Crippen LogP contribution in [0.1, 0.15) is 23.9 Å². The van der Waals surface area contributed by atoms with E-state index in [1.165, 1.54) is 0 Å². The van der Waals surface area contributed by atoms with Gasteiger partial charge in [0, 0.05) is 17.5 Å². The summed E-state index contributed by atoms with van der Waals surface area (Å²) < 4.78 is 7.08. The normalized spacial score (nSPS) is 11.6. The summed E-state index contributed by atoms with van der Waals surface area (Å²) in [7, 11) is 1.65. The minimum atomic E-state index is 0.594. The first kappa shape index (κ1) is 18.6. The van der Waals surface area contributed by atoms with Gasteiger partial charge in [-0.3, -0.25) is 4.99 Å². The largest absolute Gasteiger partial charge is 0.501 e. The third kappa shape index (κ3) is 3.91. The molecule has 6 heteroatoms. The highest BCUT2D eigenvalue weighted by atomic mass is 16.5. The first-order valence-electron chi connectivity index (χ1n) is 9.26. The molecular formula is C23H21N5O. The molecule has 0 radical (unpaired) electrons. The molecule has 0 atom stereocenters. The second-order valence-electron chi connectivity index (χ2n) is 6.66. The van der Waals surface area contributed by atoms with Gasteiger partial charge in [0.05, 0.1) is 24.3 Å². The maximum atomic E-state index is 5.27. The van der Waals surface area contributed by atoms with E-state index in [0.717, 1.165) is 45.3 Å². The van der Waals surface area contributed by atoms with Crippen LogP contribution < -0.4 is 0 Å². The highest BCUT2D eigenvalue weighted by molar-refractivity contribution is 5.67. The molecule has 4 aromatic rings. The highest BCUT2D eigenvalue weighted by Crippen LogP contribution is 2.24. The molecule has 2 heterocycles. The van der Waals surface area contributed by atoms with E-state index in [4.69, 9.17) is 9.84 Å². The van der Waals surface area contributed by atoms with Crippen LogP contribution in [0.5, 0.6) is 0 Å². The molecule has 0 saturated heterocycles. The molecule has 0 fully saturated rings. The smallest absolute Gasteiger partial charge is 0.177 e. The molecule has 144 valence electrons. The molecule has 2 aromatic carbocycles. The fourth-order valence-electron chi connectivity index (χ4n) is 3.14. The molecule has 6 nitrogen and oxygen atoms in total. The van der Waals surface area contributed by atoms with Crippen molar-refractivity contribution in [1.82, 2.24) is 19.8 Å². The maximum Gasteiger partial charge on any atom is 0.177 e. The Labute approximate surface area is 169 Å². The van der Waals surface area contributed by atoms with Gasteiger partial charge >= 0.3 is 0 Å². The lowest BCUT2D eigenvalue weighted by Gasteiger charge is -2.07. The summed E-state index contributed by atoms with van der Waals surface area (Å²) in [5, 5.41) is 13.4. The second-order valence-corrected chi connectivity index (χ2v) is 6.66. The van der Waals surface area contributed by atoms with E-state index in [9.17, 15) is 0 Å². The number of aliphatic imine (C=N–C) groups is 1. The van der Waals surface area contributed by atoms with Crippen molar-refractivity contribution < 1.29 is 4.74 Å². The Balaban J connectivity index is 1.71. The number of nitrogens with zero attached hydrogens (tertiary/aromatic N) is 5. The van der Waals surface area contributed by atoms with Crippen molar-refractivity contribution in [3.8, 4) is 11.3 Å². The number of methoxy groups -OCH3 is 1. The summed E-state index contributed by atoms with van der Waals surface area (Å²) in [6.07, 6.45) is 2.54. The first-order valence-corrected chi connectivity index (χ1v) is 9.26. The van der Waals surface area contributed by atoms with E-state index in [-0.39, 0.29) is 0 Å². The van der Waals surface area contributed by atoms with Gasteiger partial charge in [-0.15, -0.1) is 10.2 Å². The number of ether oxygens (including phenoxy) is 1. The Morgan fingerprint density at radius 3 is 2.69 bits per heavy atom. The van der Waals surface area contributed by atoms with Gasteiger partial charge in [-0.05, 0) is 49.5 Å². The van der Waals surface area contributed by atoms with Gasteiger partial charge in [0.2, 0.25) is 0 Å². The molecule has 0 bridgehead atoms. The highest BCUT2D eigenvalue weighted by Gasteiger charge is 2.11. The summed E-state index contributed by atoms with van der Waals surface area (Å²) in [6, 6.07) is 20.0. The Kier molecular flexibility index (Phi) is 5.16. The molecule has 0 aliphatic heterocycles. The summed E-state index contributed by atoms with van der Waals surface area (Å²) >= 11 is 0. The lowest BCUT2D eigenvalue weighted by molar-refractivity contribution is 0.297. The van der Waals surface area contributed by atoms with Gasteiger partial charge in [-0.2, -0.15) is 9.61 Å². The standard InChI is InChI=1S/C23H21N5O/c1-16(29-3)13-19-14-17(9-10-20(19)24-2)15-23-26-25-22-12-11-21(27-28(22)23)18-7-5-4-6-8-18/h4-14H,2,15H2,1,3H3/b16-13+. The molecule has 0 amide bonds. The van der Waals surface area contributed by atoms with Gasteiger partial charge < -0.3 is 4.74 Å². The number of fused-ring (bicyclic) bond motifs is 1. The number of allylic oxidation sites excluding steroid dienone is 1. The summed E-state index contributed by atoms with van der Waals surface area (Å²) in [4.78, 5) is 4.10. The number of rotatable bonds is 6. The van der Waals surface area contributed by atoms with E-state index in [2.05, 4.69) is 28.0 Å². The number of benzene rings is 2. The third-order valence-corrected chi connectivity index (χ3v) is 4.70. The lowest BCUT2D eigenvalue weighted by Crippen LogP contribution is -2.01. The molecule has 0 aliphatic carbocycles. The predicted octanol–water partition coefficient (Wildman–Crippen LogP) is 4.72. The average Bonchev–Trinajstić information content (AvgIpc) is 3.16. The molecule has 0 unspecified atom stereocenters. The minimum Gasteiger partial charge on any atom is -0.501 e. The zero-order valence-electron chi connectivity index (χ0n) is 16.4. The van der Waals surface area contributed by atoms with Crippen LogP contribution in [-0.4, -0.2) is 33.6 Å². The van der Waals surface area contributed by atoms with Gasteiger partial charge in [0.25, 0.3) is 0 Å². The van der Waals surface area contributed by atoms with Gasteiger partial charge in [-0.25, -0.2) is 0 Å². The number of aromatic nitrogens is 4. The van der Waals surface area contributed by atoms with Crippen molar-refractivity contribution in [2.24, 2.45) is 4.99 Å². The van der Waals surface area contributed by atoms with Crippen LogP contribution in [0.3, 0.4) is 0 Å². The zero-order valence-corrected chi connectivity index (χ0v) is 16.4. The van der Waals surface area contributed by atoms with Crippen molar-refractivity contribution in [3.63, 3.8) is 0 Å². The number of hydrogen-bond donors (Lipinski definition) is 0. The maximum absolute atomic E-state index is 5.27.